The number of fused-ring (bicyclic) bond motifs is 1. The first-order chi connectivity index (χ1) is 15.3. The molecule has 1 aromatic heterocycles. The Kier molecular flexibility index (Phi) is 6.74. The van der Waals surface area contributed by atoms with Crippen LogP contribution >= 0.6 is 0 Å². The number of amides is 2. The molecular formula is C22H20N2O8. The van der Waals surface area contributed by atoms with Crippen LogP contribution in [0.2, 0.25) is 0 Å². The summed E-state index contributed by atoms with van der Waals surface area (Å²) in [5, 5.41) is 3.16. The SMILES string of the molecule is COc1cc(C(=O)OCc2cc(=O)oc3cc(NC(C)=O)ccc23)ccc1OCC(N)=O. The minimum absolute atomic E-state index is 0.175. The van der Waals surface area contributed by atoms with Gasteiger partial charge in [0.1, 0.15) is 12.2 Å². The van der Waals surface area contributed by atoms with Gasteiger partial charge in [0.15, 0.2) is 18.1 Å². The molecule has 1 heterocycles. The number of anilines is 1. The molecule has 0 unspecified atom stereocenters. The Morgan fingerprint density at radius 1 is 1.06 bits per heavy atom. The largest absolute Gasteiger partial charge is 0.493 e. The molecule has 0 aliphatic rings. The summed E-state index contributed by atoms with van der Waals surface area (Å²) in [6.45, 7) is 0.831. The highest BCUT2D eigenvalue weighted by molar-refractivity contribution is 5.93. The molecule has 2 amide bonds. The lowest BCUT2D eigenvalue weighted by Gasteiger charge is -2.12. The van der Waals surface area contributed by atoms with E-state index >= 15 is 0 Å². The van der Waals surface area contributed by atoms with Crippen LogP contribution in [-0.4, -0.2) is 31.5 Å². The Balaban J connectivity index is 1.79. The van der Waals surface area contributed by atoms with Crippen LogP contribution in [0.15, 0.2) is 51.7 Å². The average molecular weight is 440 g/mol. The van der Waals surface area contributed by atoms with Gasteiger partial charge < -0.3 is 29.7 Å². The summed E-state index contributed by atoms with van der Waals surface area (Å²) >= 11 is 0. The van der Waals surface area contributed by atoms with Crippen molar-refractivity contribution in [1.29, 1.82) is 0 Å². The molecule has 32 heavy (non-hydrogen) atoms. The number of nitrogens with two attached hydrogens (primary N) is 1. The van der Waals surface area contributed by atoms with Gasteiger partial charge in [0.25, 0.3) is 5.91 Å². The third-order valence-electron chi connectivity index (χ3n) is 4.28. The van der Waals surface area contributed by atoms with E-state index in [1.807, 2.05) is 0 Å². The first-order valence-electron chi connectivity index (χ1n) is 9.37. The van der Waals surface area contributed by atoms with Gasteiger partial charge in [-0.1, -0.05) is 0 Å². The van der Waals surface area contributed by atoms with Gasteiger partial charge in [-0.2, -0.15) is 0 Å². The standard InChI is InChI=1S/C22H20N2O8/c1-12(25)24-15-4-5-16-14(8-21(27)32-18(16)9-15)10-31-22(28)13-3-6-17(19(7-13)29-2)30-11-20(23)26/h3-9H,10-11H2,1-2H3,(H2,23,26)(H,24,25). The number of methoxy groups -OCH3 is 1. The van der Waals surface area contributed by atoms with Crippen LogP contribution in [0.5, 0.6) is 11.5 Å². The number of primary amides is 1. The van der Waals surface area contributed by atoms with Crippen molar-refractivity contribution < 1.29 is 33.0 Å². The van der Waals surface area contributed by atoms with E-state index in [-0.39, 0.29) is 41.8 Å². The number of hydrogen-bond donors (Lipinski definition) is 2. The van der Waals surface area contributed by atoms with Gasteiger partial charge >= 0.3 is 11.6 Å². The predicted molar refractivity (Wildman–Crippen MR) is 114 cm³/mol. The molecule has 10 nitrogen and oxygen atoms in total. The number of rotatable bonds is 8. The van der Waals surface area contributed by atoms with E-state index in [1.165, 1.54) is 44.4 Å². The number of benzene rings is 2. The fraction of sp³-hybridized carbons (Fsp3) is 0.182. The van der Waals surface area contributed by atoms with Crippen molar-refractivity contribution in [3.05, 3.63) is 64.0 Å². The fourth-order valence-electron chi connectivity index (χ4n) is 2.92. The van der Waals surface area contributed by atoms with E-state index in [1.54, 1.807) is 12.1 Å². The van der Waals surface area contributed by atoms with Gasteiger partial charge in [0.05, 0.1) is 12.7 Å². The summed E-state index contributed by atoms with van der Waals surface area (Å²) < 4.78 is 20.9. The second-order valence-electron chi connectivity index (χ2n) is 6.68. The van der Waals surface area contributed by atoms with Crippen molar-refractivity contribution in [2.75, 3.05) is 19.0 Å². The molecule has 3 aromatic rings. The second-order valence-corrected chi connectivity index (χ2v) is 6.68. The van der Waals surface area contributed by atoms with Crippen molar-refractivity contribution in [2.45, 2.75) is 13.5 Å². The first kappa shape index (κ1) is 22.3. The van der Waals surface area contributed by atoms with Gasteiger partial charge in [0.2, 0.25) is 5.91 Å². The summed E-state index contributed by atoms with van der Waals surface area (Å²) in [7, 11) is 1.38. The molecule has 10 heteroatoms. The molecule has 0 saturated heterocycles. The van der Waals surface area contributed by atoms with Crippen LogP contribution in [-0.2, 0) is 20.9 Å². The number of ether oxygens (including phenoxy) is 3. The third-order valence-corrected chi connectivity index (χ3v) is 4.28. The molecule has 166 valence electrons. The van der Waals surface area contributed by atoms with Gasteiger partial charge in [-0.25, -0.2) is 9.59 Å². The Bertz CT molecular complexity index is 1250. The maximum atomic E-state index is 12.5. The molecule has 0 aliphatic carbocycles. The monoisotopic (exact) mass is 440 g/mol. The molecule has 0 radical (unpaired) electrons. The number of carbonyl (C=O) groups excluding carboxylic acids is 3. The Labute approximate surface area is 181 Å². The second kappa shape index (κ2) is 9.65. The van der Waals surface area contributed by atoms with Crippen LogP contribution in [0.4, 0.5) is 5.69 Å². The van der Waals surface area contributed by atoms with Crippen LogP contribution in [0.25, 0.3) is 11.0 Å². The quantitative estimate of drug-likeness (QED) is 0.399. The van der Waals surface area contributed by atoms with Gasteiger partial charge in [-0.3, -0.25) is 9.59 Å². The summed E-state index contributed by atoms with van der Waals surface area (Å²) in [5.41, 5.74) is 5.75. The van der Waals surface area contributed by atoms with Crippen molar-refractivity contribution in [2.24, 2.45) is 5.73 Å². The van der Waals surface area contributed by atoms with Crippen molar-refractivity contribution in [1.82, 2.24) is 0 Å². The molecule has 0 saturated carbocycles. The molecule has 0 aliphatic heterocycles. The maximum Gasteiger partial charge on any atom is 0.338 e. The number of carbonyl (C=O) groups is 3. The molecule has 3 N–H and O–H groups in total. The van der Waals surface area contributed by atoms with E-state index in [9.17, 15) is 19.2 Å². The van der Waals surface area contributed by atoms with E-state index in [4.69, 9.17) is 24.4 Å². The lowest BCUT2D eigenvalue weighted by molar-refractivity contribution is -0.120. The molecular weight excluding hydrogens is 420 g/mol. The minimum atomic E-state index is -0.666. The number of hydrogen-bond acceptors (Lipinski definition) is 8. The minimum Gasteiger partial charge on any atom is -0.493 e. The summed E-state index contributed by atoms with van der Waals surface area (Å²) in [6.07, 6.45) is 0. The van der Waals surface area contributed by atoms with E-state index in [0.717, 1.165) is 0 Å². The lowest BCUT2D eigenvalue weighted by Crippen LogP contribution is -2.20. The third kappa shape index (κ3) is 5.42. The summed E-state index contributed by atoms with van der Waals surface area (Å²) in [6, 6.07) is 10.3. The highest BCUT2D eigenvalue weighted by atomic mass is 16.5. The molecule has 2 aromatic carbocycles. The number of esters is 1. The molecule has 0 spiro atoms. The normalized spacial score (nSPS) is 10.4. The average Bonchev–Trinajstić information content (AvgIpc) is 2.74. The van der Waals surface area contributed by atoms with Crippen LogP contribution in [0, 0.1) is 0 Å². The number of nitrogens with one attached hydrogen (secondary N) is 1. The van der Waals surface area contributed by atoms with Gasteiger partial charge in [-0.05, 0) is 30.3 Å². The Hall–Kier alpha value is -4.34. The van der Waals surface area contributed by atoms with E-state index < -0.39 is 17.5 Å². The van der Waals surface area contributed by atoms with E-state index in [0.29, 0.717) is 16.6 Å². The molecule has 3 rings (SSSR count). The molecule has 0 atom stereocenters. The van der Waals surface area contributed by atoms with Crippen LogP contribution in [0.1, 0.15) is 22.8 Å². The summed E-state index contributed by atoms with van der Waals surface area (Å²) in [4.78, 5) is 46.6. The van der Waals surface area contributed by atoms with Crippen molar-refractivity contribution >= 4 is 34.4 Å². The predicted octanol–water partition coefficient (Wildman–Crippen LogP) is 1.98. The van der Waals surface area contributed by atoms with E-state index in [2.05, 4.69) is 5.32 Å². The van der Waals surface area contributed by atoms with Crippen molar-refractivity contribution in [3.63, 3.8) is 0 Å². The van der Waals surface area contributed by atoms with Gasteiger partial charge in [-0.15, -0.1) is 0 Å². The zero-order chi connectivity index (χ0) is 23.3. The Morgan fingerprint density at radius 3 is 2.53 bits per heavy atom. The molecule has 0 fully saturated rings. The Morgan fingerprint density at radius 2 is 1.84 bits per heavy atom. The van der Waals surface area contributed by atoms with Crippen LogP contribution < -0.4 is 26.1 Å². The highest BCUT2D eigenvalue weighted by Crippen LogP contribution is 2.29. The smallest absolute Gasteiger partial charge is 0.338 e. The molecule has 0 bridgehead atoms. The fourth-order valence-corrected chi connectivity index (χ4v) is 2.92. The van der Waals surface area contributed by atoms with Crippen molar-refractivity contribution in [3.8, 4) is 11.5 Å². The maximum absolute atomic E-state index is 12.5. The topological polar surface area (TPSA) is 147 Å². The lowest BCUT2D eigenvalue weighted by atomic mass is 10.1. The first-order valence-corrected chi connectivity index (χ1v) is 9.37. The van der Waals surface area contributed by atoms with Crippen LogP contribution in [0.3, 0.4) is 0 Å². The highest BCUT2D eigenvalue weighted by Gasteiger charge is 2.15. The zero-order valence-electron chi connectivity index (χ0n) is 17.3. The van der Waals surface area contributed by atoms with Gasteiger partial charge in [0, 0.05) is 35.7 Å². The summed E-state index contributed by atoms with van der Waals surface area (Å²) in [5.74, 6) is -1.12. The zero-order valence-corrected chi connectivity index (χ0v) is 17.3.